The Morgan fingerprint density at radius 1 is 1.20 bits per heavy atom. The summed E-state index contributed by atoms with van der Waals surface area (Å²) in [5.74, 6) is 0.353. The number of hydrogen-bond acceptors (Lipinski definition) is 8. The van der Waals surface area contributed by atoms with Crippen LogP contribution in [0.25, 0.3) is 22.6 Å². The van der Waals surface area contributed by atoms with Crippen molar-refractivity contribution in [2.24, 2.45) is 5.73 Å². The first kappa shape index (κ1) is 24.6. The minimum absolute atomic E-state index is 0.0570. The van der Waals surface area contributed by atoms with E-state index >= 15 is 0 Å². The molecule has 1 atom stereocenters. The van der Waals surface area contributed by atoms with Crippen molar-refractivity contribution in [1.82, 2.24) is 9.97 Å². The fraction of sp³-hybridized carbons (Fsp3) is 0.208. The van der Waals surface area contributed by atoms with Gasteiger partial charge in [0, 0.05) is 31.5 Å². The smallest absolute Gasteiger partial charge is 0.320 e. The lowest BCUT2D eigenvalue weighted by Crippen LogP contribution is -2.32. The number of hydrogen-bond donors (Lipinski definition) is 3. The Labute approximate surface area is 211 Å². The summed E-state index contributed by atoms with van der Waals surface area (Å²) in [6, 6.07) is 9.29. The third-order valence-corrected chi connectivity index (χ3v) is 5.81. The van der Waals surface area contributed by atoms with Crippen LogP contribution >= 0.6 is 23.2 Å². The molecule has 2 heterocycles. The molecular weight excluding hydrogens is 493 g/mol. The number of anilines is 2. The van der Waals surface area contributed by atoms with Crippen molar-refractivity contribution < 1.29 is 19.1 Å². The standard InChI is InChI=1S/C24H23Cl2N5O4/c1-31(2)20-4-3-13(10-29-20)23-30-19-9-15(27)8-14(21(19)35-23)11-34-22-16(25)5-12(6-17(22)26)7-18(28)24(32)33/h3-6,8-10,18H,7,11,27-28H2,1-2H3,(H,32,33)/t18-/m0/s1. The van der Waals surface area contributed by atoms with Crippen LogP contribution in [0.4, 0.5) is 11.5 Å². The minimum Gasteiger partial charge on any atom is -0.486 e. The fourth-order valence-corrected chi connectivity index (χ4v) is 4.13. The lowest BCUT2D eigenvalue weighted by molar-refractivity contribution is -0.138. The van der Waals surface area contributed by atoms with Crippen LogP contribution in [0.1, 0.15) is 11.1 Å². The minimum atomic E-state index is -1.11. The van der Waals surface area contributed by atoms with Gasteiger partial charge < -0.3 is 30.6 Å². The lowest BCUT2D eigenvalue weighted by Gasteiger charge is -2.13. The molecule has 0 fully saturated rings. The van der Waals surface area contributed by atoms with Gasteiger partial charge in [0.15, 0.2) is 11.3 Å². The molecule has 182 valence electrons. The number of aliphatic carboxylic acids is 1. The van der Waals surface area contributed by atoms with Crippen molar-refractivity contribution in [3.63, 3.8) is 0 Å². The number of nitrogens with two attached hydrogens (primary N) is 2. The van der Waals surface area contributed by atoms with Crippen molar-refractivity contribution in [3.05, 3.63) is 63.8 Å². The Morgan fingerprint density at radius 3 is 2.51 bits per heavy atom. The van der Waals surface area contributed by atoms with Crippen molar-refractivity contribution >= 4 is 51.8 Å². The number of oxazole rings is 1. The molecule has 0 unspecified atom stereocenters. The Bertz CT molecular complexity index is 1370. The van der Waals surface area contributed by atoms with Crippen LogP contribution in [0.5, 0.6) is 5.75 Å². The zero-order chi connectivity index (χ0) is 25.3. The lowest BCUT2D eigenvalue weighted by atomic mass is 10.1. The van der Waals surface area contributed by atoms with Crippen molar-refractivity contribution in [2.75, 3.05) is 24.7 Å². The van der Waals surface area contributed by atoms with Gasteiger partial charge in [0.2, 0.25) is 5.89 Å². The highest BCUT2D eigenvalue weighted by atomic mass is 35.5. The molecule has 11 heteroatoms. The van der Waals surface area contributed by atoms with Crippen LogP contribution in [0.3, 0.4) is 0 Å². The summed E-state index contributed by atoms with van der Waals surface area (Å²) in [4.78, 5) is 21.9. The number of halogens is 2. The second-order valence-corrected chi connectivity index (χ2v) is 8.99. The Morgan fingerprint density at radius 2 is 1.91 bits per heavy atom. The summed E-state index contributed by atoms with van der Waals surface area (Å²) in [6.07, 6.45) is 1.77. The van der Waals surface area contributed by atoms with E-state index in [1.165, 1.54) is 0 Å². The third kappa shape index (κ3) is 5.43. The van der Waals surface area contributed by atoms with E-state index in [4.69, 9.17) is 48.9 Å². The largest absolute Gasteiger partial charge is 0.486 e. The van der Waals surface area contributed by atoms with Crippen LogP contribution in [-0.4, -0.2) is 41.2 Å². The fourth-order valence-electron chi connectivity index (χ4n) is 3.49. The topological polar surface area (TPSA) is 141 Å². The van der Waals surface area contributed by atoms with Gasteiger partial charge in [0.1, 0.15) is 24.0 Å². The molecule has 5 N–H and O–H groups in total. The molecule has 4 aromatic rings. The Kier molecular flexibility index (Phi) is 7.02. The molecule has 2 aromatic heterocycles. The zero-order valence-electron chi connectivity index (χ0n) is 19.0. The predicted molar refractivity (Wildman–Crippen MR) is 136 cm³/mol. The molecule has 0 aliphatic rings. The number of nitrogens with zero attached hydrogens (tertiary/aromatic N) is 3. The normalized spacial score (nSPS) is 12.0. The molecule has 35 heavy (non-hydrogen) atoms. The Hall–Kier alpha value is -3.53. The maximum Gasteiger partial charge on any atom is 0.320 e. The number of rotatable bonds is 8. The van der Waals surface area contributed by atoms with Crippen LogP contribution in [-0.2, 0) is 17.8 Å². The highest BCUT2D eigenvalue weighted by Crippen LogP contribution is 2.36. The van der Waals surface area contributed by atoms with E-state index in [9.17, 15) is 4.79 Å². The van der Waals surface area contributed by atoms with E-state index in [0.717, 1.165) is 11.4 Å². The first-order valence-corrected chi connectivity index (χ1v) is 11.3. The molecule has 0 amide bonds. The third-order valence-electron chi connectivity index (χ3n) is 5.25. The Balaban J connectivity index is 1.59. The zero-order valence-corrected chi connectivity index (χ0v) is 20.5. The average molecular weight is 516 g/mol. The molecule has 2 aromatic carbocycles. The van der Waals surface area contributed by atoms with Crippen LogP contribution < -0.4 is 21.1 Å². The molecule has 0 radical (unpaired) electrons. The van der Waals surface area contributed by atoms with Crippen LogP contribution in [0.15, 0.2) is 47.0 Å². The predicted octanol–water partition coefficient (Wildman–Crippen LogP) is 4.38. The second-order valence-electron chi connectivity index (χ2n) is 8.17. The number of carbonyl (C=O) groups is 1. The molecule has 0 bridgehead atoms. The summed E-state index contributed by atoms with van der Waals surface area (Å²) < 4.78 is 11.9. The number of ether oxygens (including phenoxy) is 1. The first-order chi connectivity index (χ1) is 16.6. The second kappa shape index (κ2) is 9.99. The number of nitrogen functional groups attached to an aromatic ring is 1. The van der Waals surface area contributed by atoms with Gasteiger partial charge in [-0.05, 0) is 48.4 Å². The van der Waals surface area contributed by atoms with E-state index in [1.54, 1.807) is 30.5 Å². The monoisotopic (exact) mass is 515 g/mol. The number of carboxylic acid groups (broad SMARTS) is 1. The summed E-state index contributed by atoms with van der Waals surface area (Å²) in [6.45, 7) is 0.0570. The molecule has 0 spiro atoms. The summed E-state index contributed by atoms with van der Waals surface area (Å²) >= 11 is 12.7. The molecule has 4 rings (SSSR count). The van der Waals surface area contributed by atoms with Crippen LogP contribution in [0.2, 0.25) is 10.0 Å². The maximum absolute atomic E-state index is 11.0. The van der Waals surface area contributed by atoms with Gasteiger partial charge in [-0.2, -0.15) is 0 Å². The maximum atomic E-state index is 11.0. The van der Waals surface area contributed by atoms with Gasteiger partial charge >= 0.3 is 5.97 Å². The van der Waals surface area contributed by atoms with E-state index < -0.39 is 12.0 Å². The van der Waals surface area contributed by atoms with Gasteiger partial charge in [-0.3, -0.25) is 4.79 Å². The molecule has 0 saturated carbocycles. The van der Waals surface area contributed by atoms with Crippen molar-refractivity contribution in [3.8, 4) is 17.2 Å². The van der Waals surface area contributed by atoms with E-state index in [0.29, 0.717) is 33.8 Å². The summed E-state index contributed by atoms with van der Waals surface area (Å²) in [5, 5.41) is 9.48. The SMILES string of the molecule is CN(C)c1ccc(-c2nc3cc(N)cc(COc4c(Cl)cc(C[C@H](N)C(=O)O)cc4Cl)c3o2)cn1. The highest BCUT2D eigenvalue weighted by Gasteiger charge is 2.18. The van der Waals surface area contributed by atoms with Crippen LogP contribution in [0, 0.1) is 0 Å². The van der Waals surface area contributed by atoms with Gasteiger partial charge in [-0.1, -0.05) is 23.2 Å². The van der Waals surface area contributed by atoms with E-state index in [2.05, 4.69) is 9.97 Å². The number of benzene rings is 2. The number of aromatic nitrogens is 2. The molecule has 0 aliphatic carbocycles. The number of pyridine rings is 1. The number of fused-ring (bicyclic) bond motifs is 1. The van der Waals surface area contributed by atoms with Crippen molar-refractivity contribution in [1.29, 1.82) is 0 Å². The van der Waals surface area contributed by atoms with Gasteiger partial charge in [-0.25, -0.2) is 9.97 Å². The molecular formula is C24H23Cl2N5O4. The highest BCUT2D eigenvalue weighted by molar-refractivity contribution is 6.37. The van der Waals surface area contributed by atoms with E-state index in [1.807, 2.05) is 31.1 Å². The van der Waals surface area contributed by atoms with Gasteiger partial charge in [0.05, 0.1) is 15.6 Å². The van der Waals surface area contributed by atoms with Gasteiger partial charge in [-0.15, -0.1) is 0 Å². The molecule has 0 aliphatic heterocycles. The van der Waals surface area contributed by atoms with Gasteiger partial charge in [0.25, 0.3) is 0 Å². The molecule has 0 saturated heterocycles. The first-order valence-electron chi connectivity index (χ1n) is 10.5. The van der Waals surface area contributed by atoms with E-state index in [-0.39, 0.29) is 28.8 Å². The number of carboxylic acids is 1. The molecule has 9 nitrogen and oxygen atoms in total. The summed E-state index contributed by atoms with van der Waals surface area (Å²) in [5.41, 5.74) is 15.2. The summed E-state index contributed by atoms with van der Waals surface area (Å²) in [7, 11) is 3.82. The quantitative estimate of drug-likeness (QED) is 0.291. The van der Waals surface area contributed by atoms with Crippen molar-refractivity contribution in [2.45, 2.75) is 19.1 Å². The average Bonchev–Trinajstić information content (AvgIpc) is 3.22.